The van der Waals surface area contributed by atoms with Crippen LogP contribution in [0, 0.1) is 24.7 Å². The van der Waals surface area contributed by atoms with Gasteiger partial charge in [0.2, 0.25) is 0 Å². The van der Waals surface area contributed by atoms with Gasteiger partial charge in [-0.05, 0) is 57.2 Å². The zero-order valence-corrected chi connectivity index (χ0v) is 13.1. The molecule has 3 nitrogen and oxygen atoms in total. The first kappa shape index (κ1) is 15.6. The van der Waals surface area contributed by atoms with Crippen LogP contribution in [0.5, 0.6) is 0 Å². The van der Waals surface area contributed by atoms with Crippen molar-refractivity contribution in [3.05, 3.63) is 34.9 Å². The van der Waals surface area contributed by atoms with E-state index in [0.29, 0.717) is 12.5 Å². The molecule has 2 rings (SSSR count). The lowest BCUT2D eigenvalue weighted by Gasteiger charge is -2.27. The van der Waals surface area contributed by atoms with E-state index in [2.05, 4.69) is 25.7 Å². The molecule has 0 saturated heterocycles. The van der Waals surface area contributed by atoms with Crippen molar-refractivity contribution < 1.29 is 4.79 Å². The second kappa shape index (κ2) is 6.78. The molecule has 1 saturated carbocycles. The minimum Gasteiger partial charge on any atom is -0.336 e. The largest absolute Gasteiger partial charge is 0.336 e. The highest BCUT2D eigenvalue weighted by Crippen LogP contribution is 2.31. The first-order chi connectivity index (χ1) is 10.0. The molecule has 1 aliphatic carbocycles. The van der Waals surface area contributed by atoms with Crippen LogP contribution in [-0.4, -0.2) is 29.9 Å². The quantitative estimate of drug-likeness (QED) is 0.864. The van der Waals surface area contributed by atoms with Crippen LogP contribution in [0.4, 0.5) is 0 Å². The molecule has 0 heterocycles. The van der Waals surface area contributed by atoms with E-state index >= 15 is 0 Å². The predicted octanol–water partition coefficient (Wildman–Crippen LogP) is 2.57. The maximum atomic E-state index is 12.8. The first-order valence-corrected chi connectivity index (χ1v) is 7.64. The number of benzene rings is 1. The van der Waals surface area contributed by atoms with Crippen molar-refractivity contribution in [2.75, 3.05) is 13.1 Å². The van der Waals surface area contributed by atoms with Crippen LogP contribution in [0.15, 0.2) is 18.2 Å². The van der Waals surface area contributed by atoms with Gasteiger partial charge in [0, 0.05) is 23.7 Å². The minimum absolute atomic E-state index is 0.116. The van der Waals surface area contributed by atoms with Gasteiger partial charge in [-0.25, -0.2) is 0 Å². The maximum absolute atomic E-state index is 12.8. The van der Waals surface area contributed by atoms with Gasteiger partial charge in [-0.3, -0.25) is 4.79 Å². The molecule has 1 fully saturated rings. The predicted molar refractivity (Wildman–Crippen MR) is 86.0 cm³/mol. The average Bonchev–Trinajstić information content (AvgIpc) is 3.27. The third kappa shape index (κ3) is 3.86. The van der Waals surface area contributed by atoms with Gasteiger partial charge in [-0.15, -0.1) is 0 Å². The van der Waals surface area contributed by atoms with Gasteiger partial charge in [-0.2, -0.15) is 0 Å². The Hall–Kier alpha value is -1.79. The van der Waals surface area contributed by atoms with Crippen LogP contribution in [0.2, 0.25) is 0 Å². The fraction of sp³-hybridized carbons (Fsp3) is 0.500. The Morgan fingerprint density at radius 2 is 2.14 bits per heavy atom. The standard InChI is InChI=1S/C18H24N2O/c1-13(2)20(12-15-9-10-15)18(21)17-8-4-6-16(14(17)3)7-5-11-19/h4,6,8,13,15H,9-12,19H2,1-3H3. The summed E-state index contributed by atoms with van der Waals surface area (Å²) in [5.74, 6) is 6.71. The van der Waals surface area contributed by atoms with Crippen molar-refractivity contribution in [2.24, 2.45) is 11.7 Å². The summed E-state index contributed by atoms with van der Waals surface area (Å²) in [5.41, 5.74) is 8.02. The number of rotatable bonds is 4. The van der Waals surface area contributed by atoms with E-state index in [4.69, 9.17) is 5.73 Å². The summed E-state index contributed by atoms with van der Waals surface area (Å²) < 4.78 is 0. The Morgan fingerprint density at radius 1 is 1.43 bits per heavy atom. The van der Waals surface area contributed by atoms with E-state index < -0.39 is 0 Å². The average molecular weight is 284 g/mol. The highest BCUT2D eigenvalue weighted by molar-refractivity contribution is 5.96. The highest BCUT2D eigenvalue weighted by Gasteiger charge is 2.29. The Morgan fingerprint density at radius 3 is 2.71 bits per heavy atom. The molecule has 0 aromatic heterocycles. The van der Waals surface area contributed by atoms with Crippen molar-refractivity contribution in [3.8, 4) is 11.8 Å². The molecule has 0 radical (unpaired) electrons. The van der Waals surface area contributed by atoms with E-state index in [0.717, 1.165) is 23.2 Å². The van der Waals surface area contributed by atoms with Gasteiger partial charge >= 0.3 is 0 Å². The fourth-order valence-corrected chi connectivity index (χ4v) is 2.41. The topological polar surface area (TPSA) is 46.3 Å². The summed E-state index contributed by atoms with van der Waals surface area (Å²) in [4.78, 5) is 14.8. The van der Waals surface area contributed by atoms with Crippen LogP contribution < -0.4 is 5.73 Å². The molecule has 2 N–H and O–H groups in total. The second-order valence-electron chi connectivity index (χ2n) is 5.98. The van der Waals surface area contributed by atoms with Crippen LogP contribution in [0.3, 0.4) is 0 Å². The van der Waals surface area contributed by atoms with Gasteiger partial charge in [0.15, 0.2) is 0 Å². The maximum Gasteiger partial charge on any atom is 0.254 e. The molecule has 0 spiro atoms. The lowest BCUT2D eigenvalue weighted by molar-refractivity contribution is 0.0695. The van der Waals surface area contributed by atoms with Crippen molar-refractivity contribution in [1.29, 1.82) is 0 Å². The zero-order valence-electron chi connectivity index (χ0n) is 13.1. The van der Waals surface area contributed by atoms with Gasteiger partial charge in [0.05, 0.1) is 6.54 Å². The second-order valence-corrected chi connectivity index (χ2v) is 5.98. The van der Waals surface area contributed by atoms with Crippen molar-refractivity contribution in [2.45, 2.75) is 39.7 Å². The molecule has 0 bridgehead atoms. The summed E-state index contributed by atoms with van der Waals surface area (Å²) in [6.07, 6.45) is 2.50. The number of carbonyl (C=O) groups is 1. The number of nitrogens with two attached hydrogens (primary N) is 1. The molecular weight excluding hydrogens is 260 g/mol. The molecule has 1 aliphatic rings. The van der Waals surface area contributed by atoms with Crippen molar-refractivity contribution in [3.63, 3.8) is 0 Å². The number of hydrogen-bond acceptors (Lipinski definition) is 2. The summed E-state index contributed by atoms with van der Waals surface area (Å²) in [6, 6.07) is 5.95. The van der Waals surface area contributed by atoms with E-state index in [1.165, 1.54) is 12.8 Å². The lowest BCUT2D eigenvalue weighted by atomic mass is 10.0. The van der Waals surface area contributed by atoms with Crippen LogP contribution in [0.1, 0.15) is 48.2 Å². The normalized spacial score (nSPS) is 13.8. The molecule has 3 heteroatoms. The zero-order chi connectivity index (χ0) is 15.4. The lowest BCUT2D eigenvalue weighted by Crippen LogP contribution is -2.38. The first-order valence-electron chi connectivity index (χ1n) is 7.64. The molecule has 1 aromatic carbocycles. The smallest absolute Gasteiger partial charge is 0.254 e. The molecule has 21 heavy (non-hydrogen) atoms. The fourth-order valence-electron chi connectivity index (χ4n) is 2.41. The highest BCUT2D eigenvalue weighted by atomic mass is 16.2. The number of carbonyl (C=O) groups excluding carboxylic acids is 1. The Balaban J connectivity index is 2.28. The van der Waals surface area contributed by atoms with E-state index in [-0.39, 0.29) is 11.9 Å². The molecular formula is C18H24N2O. The third-order valence-corrected chi connectivity index (χ3v) is 3.93. The van der Waals surface area contributed by atoms with Crippen LogP contribution in [-0.2, 0) is 0 Å². The van der Waals surface area contributed by atoms with E-state index in [1.807, 2.05) is 30.0 Å². The summed E-state index contributed by atoms with van der Waals surface area (Å²) in [6.45, 7) is 7.32. The number of amides is 1. The van der Waals surface area contributed by atoms with Gasteiger partial charge in [0.1, 0.15) is 0 Å². The molecule has 1 amide bonds. The molecule has 0 aliphatic heterocycles. The Bertz CT molecular complexity index is 577. The summed E-state index contributed by atoms with van der Waals surface area (Å²) in [5, 5.41) is 0. The van der Waals surface area contributed by atoms with Gasteiger partial charge in [-0.1, -0.05) is 17.9 Å². The molecule has 1 aromatic rings. The third-order valence-electron chi connectivity index (χ3n) is 3.93. The molecule has 112 valence electrons. The van der Waals surface area contributed by atoms with Crippen LogP contribution >= 0.6 is 0 Å². The monoisotopic (exact) mass is 284 g/mol. The van der Waals surface area contributed by atoms with E-state index in [9.17, 15) is 4.79 Å². The van der Waals surface area contributed by atoms with E-state index in [1.54, 1.807) is 0 Å². The van der Waals surface area contributed by atoms with Crippen molar-refractivity contribution in [1.82, 2.24) is 4.90 Å². The summed E-state index contributed by atoms with van der Waals surface area (Å²) in [7, 11) is 0. The number of nitrogens with zero attached hydrogens (tertiary/aromatic N) is 1. The Labute approximate surface area is 127 Å². The van der Waals surface area contributed by atoms with Crippen molar-refractivity contribution >= 4 is 5.91 Å². The molecule has 0 unspecified atom stereocenters. The number of hydrogen-bond donors (Lipinski definition) is 1. The van der Waals surface area contributed by atoms with Gasteiger partial charge in [0.25, 0.3) is 5.91 Å². The Kier molecular flexibility index (Phi) is 5.03. The molecule has 0 atom stereocenters. The minimum atomic E-state index is 0.116. The van der Waals surface area contributed by atoms with Gasteiger partial charge < -0.3 is 10.6 Å². The summed E-state index contributed by atoms with van der Waals surface area (Å²) >= 11 is 0. The SMILES string of the molecule is Cc1c(C#CCN)cccc1C(=O)N(CC1CC1)C(C)C. The van der Waals surface area contributed by atoms with Crippen LogP contribution in [0.25, 0.3) is 0 Å².